The lowest BCUT2D eigenvalue weighted by Crippen LogP contribution is -2.34. The number of rotatable bonds is 6. The average Bonchev–Trinajstić information content (AvgIpc) is 2.88. The highest BCUT2D eigenvalue weighted by Crippen LogP contribution is 2.18. The third-order valence-corrected chi connectivity index (χ3v) is 3.85. The van der Waals surface area contributed by atoms with Crippen LogP contribution in [0.15, 0.2) is 34.9 Å². The molecule has 0 spiro atoms. The first-order valence-corrected chi connectivity index (χ1v) is 7.39. The molecule has 1 atom stereocenters. The molecule has 0 amide bonds. The Morgan fingerprint density at radius 3 is 2.27 bits per heavy atom. The van der Waals surface area contributed by atoms with Crippen molar-refractivity contribution in [3.63, 3.8) is 0 Å². The maximum absolute atomic E-state index is 11.7. The molecule has 0 bridgehead atoms. The van der Waals surface area contributed by atoms with E-state index in [-0.39, 0.29) is 31.2 Å². The van der Waals surface area contributed by atoms with Gasteiger partial charge in [-0.05, 0) is 40.3 Å². The number of carbonyl (C=O) groups excluding carboxylic acids is 2. The largest absolute Gasteiger partial charge is 0.460 e. The molecule has 5 nitrogen and oxygen atoms in total. The molecule has 1 rings (SSSR count). The zero-order chi connectivity index (χ0) is 16.7. The summed E-state index contributed by atoms with van der Waals surface area (Å²) >= 11 is 0. The van der Waals surface area contributed by atoms with Crippen molar-refractivity contribution in [3.05, 3.63) is 34.9 Å². The first-order chi connectivity index (χ1) is 10.4. The van der Waals surface area contributed by atoms with E-state index in [1.165, 1.54) is 0 Å². The van der Waals surface area contributed by atoms with Gasteiger partial charge in [-0.25, -0.2) is 9.59 Å². The van der Waals surface area contributed by atoms with Crippen LogP contribution in [-0.4, -0.2) is 49.7 Å². The average molecular weight is 307 g/mol. The highest BCUT2D eigenvalue weighted by atomic mass is 16.5. The van der Waals surface area contributed by atoms with Gasteiger partial charge in [0.05, 0.1) is 6.04 Å². The fraction of sp³-hybridized carbons (Fsp3) is 0.529. The summed E-state index contributed by atoms with van der Waals surface area (Å²) < 4.78 is 10.6. The molecule has 0 saturated carbocycles. The number of nitrogens with zero attached hydrogens (tertiary/aromatic N) is 1. The molecule has 5 heteroatoms. The van der Waals surface area contributed by atoms with E-state index in [0.29, 0.717) is 11.1 Å². The second-order valence-corrected chi connectivity index (χ2v) is 5.35. The Morgan fingerprint density at radius 2 is 1.73 bits per heavy atom. The third kappa shape index (κ3) is 4.84. The van der Waals surface area contributed by atoms with Gasteiger partial charge in [-0.3, -0.25) is 4.90 Å². The van der Waals surface area contributed by atoms with Gasteiger partial charge in [-0.2, -0.15) is 0 Å². The van der Waals surface area contributed by atoms with Crippen LogP contribution in [0.1, 0.15) is 27.7 Å². The van der Waals surface area contributed by atoms with E-state index in [4.69, 9.17) is 9.47 Å². The second-order valence-electron chi connectivity index (χ2n) is 5.35. The van der Waals surface area contributed by atoms with Crippen molar-refractivity contribution in [2.24, 2.45) is 0 Å². The smallest absolute Gasteiger partial charge is 0.333 e. The van der Waals surface area contributed by atoms with Crippen LogP contribution in [0.5, 0.6) is 0 Å². The van der Waals surface area contributed by atoms with Crippen molar-refractivity contribution in [3.8, 4) is 0 Å². The fourth-order valence-corrected chi connectivity index (χ4v) is 1.96. The number of likely N-dealkylation sites (N-methyl/N-ethyl adjacent to an activating group) is 1. The molecule has 0 aromatic carbocycles. The summed E-state index contributed by atoms with van der Waals surface area (Å²) in [6.07, 6.45) is 5.45. The summed E-state index contributed by atoms with van der Waals surface area (Å²) in [5, 5.41) is 0. The van der Waals surface area contributed by atoms with Crippen molar-refractivity contribution >= 4 is 11.9 Å². The van der Waals surface area contributed by atoms with E-state index in [2.05, 4.69) is 4.90 Å². The maximum Gasteiger partial charge on any atom is 0.333 e. The Bertz CT molecular complexity index is 517. The molecule has 0 N–H and O–H groups in total. The molecular formula is C17H25NO4. The lowest BCUT2D eigenvalue weighted by Gasteiger charge is -2.23. The predicted molar refractivity (Wildman–Crippen MR) is 85.3 cm³/mol. The Labute approximate surface area is 132 Å². The minimum absolute atomic E-state index is 0.0488. The molecule has 22 heavy (non-hydrogen) atoms. The Morgan fingerprint density at radius 1 is 1.18 bits per heavy atom. The summed E-state index contributed by atoms with van der Waals surface area (Å²) in [7, 11) is 1.95. The lowest BCUT2D eigenvalue weighted by atomic mass is 10.1. The first-order valence-electron chi connectivity index (χ1n) is 7.39. The first kappa shape index (κ1) is 18.2. The maximum atomic E-state index is 11.7. The van der Waals surface area contributed by atoms with Gasteiger partial charge in [-0.1, -0.05) is 18.2 Å². The minimum Gasteiger partial charge on any atom is -0.460 e. The molecule has 0 aromatic heterocycles. The normalized spacial score (nSPS) is 19.9. The van der Waals surface area contributed by atoms with Gasteiger partial charge in [0.1, 0.15) is 13.2 Å². The van der Waals surface area contributed by atoms with Crippen molar-refractivity contribution in [2.45, 2.75) is 33.7 Å². The predicted octanol–water partition coefficient (Wildman–Crippen LogP) is 2.25. The highest BCUT2D eigenvalue weighted by Gasteiger charge is 2.26. The molecule has 1 unspecified atom stereocenters. The Balaban J connectivity index is 2.56. The van der Waals surface area contributed by atoms with Gasteiger partial charge in [0.2, 0.25) is 0 Å². The molecule has 0 aromatic rings. The highest BCUT2D eigenvalue weighted by molar-refractivity contribution is 5.88. The molecule has 1 heterocycles. The number of hydrogen-bond acceptors (Lipinski definition) is 5. The van der Waals surface area contributed by atoms with Crippen LogP contribution >= 0.6 is 0 Å². The summed E-state index contributed by atoms with van der Waals surface area (Å²) in [4.78, 5) is 25.5. The van der Waals surface area contributed by atoms with Gasteiger partial charge in [0.25, 0.3) is 0 Å². The van der Waals surface area contributed by atoms with Gasteiger partial charge in [0.15, 0.2) is 0 Å². The summed E-state index contributed by atoms with van der Waals surface area (Å²) in [5.41, 5.74) is 2.13. The summed E-state index contributed by atoms with van der Waals surface area (Å²) in [6, 6.07) is -0.0488. The van der Waals surface area contributed by atoms with Gasteiger partial charge in [0, 0.05) is 17.7 Å². The van der Waals surface area contributed by atoms with Crippen molar-refractivity contribution in [1.29, 1.82) is 0 Å². The number of allylic oxidation sites excluding steroid dienone is 2. The van der Waals surface area contributed by atoms with Gasteiger partial charge >= 0.3 is 11.9 Å². The minimum atomic E-state index is -0.321. The van der Waals surface area contributed by atoms with Gasteiger partial charge in [-0.15, -0.1) is 0 Å². The van der Waals surface area contributed by atoms with Crippen molar-refractivity contribution in [1.82, 2.24) is 4.90 Å². The SMILES string of the molecule is C/C=C(\C)C(=O)OCC1=CCN(C)C1COC(=O)/C(C)=C/C. The molecule has 122 valence electrons. The third-order valence-electron chi connectivity index (χ3n) is 3.85. The molecular weight excluding hydrogens is 282 g/mol. The summed E-state index contributed by atoms with van der Waals surface area (Å²) in [6.45, 7) is 8.26. The molecule has 1 aliphatic rings. The van der Waals surface area contributed by atoms with E-state index in [1.807, 2.05) is 13.1 Å². The molecule has 0 aliphatic carbocycles. The van der Waals surface area contributed by atoms with E-state index in [9.17, 15) is 9.59 Å². The number of carbonyl (C=O) groups is 2. The van der Waals surface area contributed by atoms with E-state index < -0.39 is 0 Å². The molecule has 0 saturated heterocycles. The van der Waals surface area contributed by atoms with Crippen LogP contribution in [0.3, 0.4) is 0 Å². The van der Waals surface area contributed by atoms with Crippen LogP contribution in [0.4, 0.5) is 0 Å². The standard InChI is InChI=1S/C17H25NO4/c1-6-12(3)16(19)21-10-14-8-9-18(5)15(14)11-22-17(20)13(4)7-2/h6-8,15H,9-11H2,1-5H3/b12-6+,13-7+. The quantitative estimate of drug-likeness (QED) is 0.428. The van der Waals surface area contributed by atoms with E-state index in [0.717, 1.165) is 12.1 Å². The summed E-state index contributed by atoms with van der Waals surface area (Å²) in [5.74, 6) is -0.637. The van der Waals surface area contributed by atoms with Gasteiger partial charge < -0.3 is 9.47 Å². The second kappa shape index (κ2) is 8.54. The van der Waals surface area contributed by atoms with E-state index >= 15 is 0 Å². The van der Waals surface area contributed by atoms with Crippen molar-refractivity contribution < 1.29 is 19.1 Å². The number of ether oxygens (including phenoxy) is 2. The lowest BCUT2D eigenvalue weighted by molar-refractivity contribution is -0.141. The van der Waals surface area contributed by atoms with Crippen LogP contribution in [0.2, 0.25) is 0 Å². The Hall–Kier alpha value is -1.88. The fourth-order valence-electron chi connectivity index (χ4n) is 1.96. The monoisotopic (exact) mass is 307 g/mol. The van der Waals surface area contributed by atoms with Crippen molar-refractivity contribution in [2.75, 3.05) is 26.8 Å². The Kier molecular flexibility index (Phi) is 7.05. The zero-order valence-corrected chi connectivity index (χ0v) is 14.0. The number of esters is 2. The topological polar surface area (TPSA) is 55.8 Å². The van der Waals surface area contributed by atoms with E-state index in [1.54, 1.807) is 39.8 Å². The van der Waals surface area contributed by atoms with Crippen LogP contribution in [0.25, 0.3) is 0 Å². The molecule has 0 radical (unpaired) electrons. The van der Waals surface area contributed by atoms with Crippen LogP contribution < -0.4 is 0 Å². The number of hydrogen-bond donors (Lipinski definition) is 0. The van der Waals surface area contributed by atoms with Crippen LogP contribution in [0, 0.1) is 0 Å². The molecule has 1 aliphatic heterocycles. The molecule has 0 fully saturated rings. The zero-order valence-electron chi connectivity index (χ0n) is 14.0. The van der Waals surface area contributed by atoms with Crippen LogP contribution in [-0.2, 0) is 19.1 Å².